The summed E-state index contributed by atoms with van der Waals surface area (Å²) < 4.78 is 15.0. The number of nitrogens with zero attached hydrogens (tertiary/aromatic N) is 4. The average Bonchev–Trinajstić information content (AvgIpc) is 3.40. The van der Waals surface area contributed by atoms with Crippen molar-refractivity contribution in [1.82, 2.24) is 25.5 Å². The molecule has 3 aromatic heterocycles. The number of nitrogens with one attached hydrogen (secondary N) is 2. The van der Waals surface area contributed by atoms with Crippen LogP contribution in [-0.2, 0) is 6.54 Å². The number of β-amino-alcohol motifs (C(OH)–C–C–N with tert-alkyl or cyclic N) is 1. The molecule has 32 heavy (non-hydrogen) atoms. The minimum absolute atomic E-state index is 0.286. The summed E-state index contributed by atoms with van der Waals surface area (Å²) >= 11 is 0. The smallest absolute Gasteiger partial charge is 0.133 e. The number of fused-ring (bicyclic) bond motifs is 1. The second-order valence-electron chi connectivity index (χ2n) is 8.28. The first-order valence-electron chi connectivity index (χ1n) is 10.7. The Bertz CT molecular complexity index is 1250. The third-order valence-corrected chi connectivity index (χ3v) is 5.94. The van der Waals surface area contributed by atoms with E-state index in [0.717, 1.165) is 52.1 Å². The highest BCUT2D eigenvalue weighted by atomic mass is 19.1. The van der Waals surface area contributed by atoms with Gasteiger partial charge in [0.2, 0.25) is 0 Å². The third kappa shape index (κ3) is 3.72. The number of anilines is 1. The first kappa shape index (κ1) is 20.5. The number of aromatic nitrogens is 4. The Kier molecular flexibility index (Phi) is 5.32. The van der Waals surface area contributed by atoms with E-state index in [4.69, 9.17) is 0 Å². The fraction of sp³-hybridized carbons (Fsp3) is 0.292. The van der Waals surface area contributed by atoms with Crippen LogP contribution in [0.5, 0.6) is 0 Å². The van der Waals surface area contributed by atoms with Gasteiger partial charge in [0.1, 0.15) is 17.3 Å². The van der Waals surface area contributed by atoms with Crippen molar-refractivity contribution in [3.63, 3.8) is 0 Å². The van der Waals surface area contributed by atoms with Gasteiger partial charge in [-0.25, -0.2) is 9.37 Å². The quantitative estimate of drug-likeness (QED) is 0.448. The molecule has 4 aromatic rings. The van der Waals surface area contributed by atoms with Crippen molar-refractivity contribution in [2.45, 2.75) is 26.0 Å². The Hall–Kier alpha value is -3.36. The summed E-state index contributed by atoms with van der Waals surface area (Å²) in [7, 11) is 1.84. The van der Waals surface area contributed by atoms with E-state index in [-0.39, 0.29) is 11.9 Å². The summed E-state index contributed by atoms with van der Waals surface area (Å²) in [5.41, 5.74) is 5.19. The molecule has 1 atom stereocenters. The molecule has 3 N–H and O–H groups in total. The predicted molar refractivity (Wildman–Crippen MR) is 123 cm³/mol. The molecule has 1 aromatic carbocycles. The first-order chi connectivity index (χ1) is 15.5. The van der Waals surface area contributed by atoms with E-state index >= 15 is 0 Å². The number of halogens is 1. The van der Waals surface area contributed by atoms with E-state index in [1.807, 2.05) is 38.2 Å². The Morgan fingerprint density at radius 2 is 2.09 bits per heavy atom. The van der Waals surface area contributed by atoms with Crippen LogP contribution in [0, 0.1) is 12.7 Å². The molecule has 0 amide bonds. The Labute approximate surface area is 185 Å². The number of aryl methyl sites for hydroxylation is 1. The molecule has 1 saturated heterocycles. The third-order valence-electron chi connectivity index (χ3n) is 5.94. The van der Waals surface area contributed by atoms with Gasteiger partial charge in [0.25, 0.3) is 0 Å². The summed E-state index contributed by atoms with van der Waals surface area (Å²) in [4.78, 5) is 11.1. The molecule has 0 saturated carbocycles. The number of aromatic amines is 1. The van der Waals surface area contributed by atoms with Gasteiger partial charge < -0.3 is 15.3 Å². The lowest BCUT2D eigenvalue weighted by Gasteiger charge is -2.16. The summed E-state index contributed by atoms with van der Waals surface area (Å²) in [5, 5.41) is 21.2. The maximum atomic E-state index is 15.0. The second-order valence-corrected chi connectivity index (χ2v) is 8.28. The highest BCUT2D eigenvalue weighted by Crippen LogP contribution is 2.32. The van der Waals surface area contributed by atoms with Crippen molar-refractivity contribution in [3.05, 3.63) is 59.7 Å². The van der Waals surface area contributed by atoms with Gasteiger partial charge in [-0.1, -0.05) is 6.07 Å². The molecule has 164 valence electrons. The van der Waals surface area contributed by atoms with Crippen LogP contribution >= 0.6 is 0 Å². The number of aliphatic hydroxyl groups is 1. The van der Waals surface area contributed by atoms with Crippen LogP contribution in [-0.4, -0.2) is 51.5 Å². The molecular formula is C24H25FN6O. The summed E-state index contributed by atoms with van der Waals surface area (Å²) in [6.07, 6.45) is 3.94. The number of aliphatic hydroxyl groups excluding tert-OH is 1. The molecule has 0 bridgehead atoms. The largest absolute Gasteiger partial charge is 0.391 e. The molecule has 0 aliphatic carbocycles. The molecule has 1 fully saturated rings. The minimum atomic E-state index is -0.297. The lowest BCUT2D eigenvalue weighted by atomic mass is 9.99. The highest BCUT2D eigenvalue weighted by Gasteiger charge is 2.21. The van der Waals surface area contributed by atoms with Crippen LogP contribution in [0.25, 0.3) is 33.4 Å². The molecule has 8 heteroatoms. The van der Waals surface area contributed by atoms with Crippen molar-refractivity contribution in [3.8, 4) is 22.5 Å². The fourth-order valence-corrected chi connectivity index (χ4v) is 4.38. The van der Waals surface area contributed by atoms with Crippen molar-refractivity contribution < 1.29 is 9.50 Å². The summed E-state index contributed by atoms with van der Waals surface area (Å²) in [6, 6.07) is 9.33. The van der Waals surface area contributed by atoms with Gasteiger partial charge in [0, 0.05) is 42.3 Å². The molecule has 7 nitrogen and oxygen atoms in total. The maximum Gasteiger partial charge on any atom is 0.133 e. The van der Waals surface area contributed by atoms with Crippen molar-refractivity contribution in [1.29, 1.82) is 0 Å². The van der Waals surface area contributed by atoms with Gasteiger partial charge in [0.15, 0.2) is 0 Å². The normalized spacial score (nSPS) is 16.2. The number of hydrogen-bond donors (Lipinski definition) is 3. The number of benzene rings is 1. The topological polar surface area (TPSA) is 90.0 Å². The van der Waals surface area contributed by atoms with Gasteiger partial charge in [-0.05, 0) is 55.8 Å². The average molecular weight is 433 g/mol. The van der Waals surface area contributed by atoms with Crippen molar-refractivity contribution >= 4 is 16.7 Å². The number of hydrogen-bond acceptors (Lipinski definition) is 6. The Balaban J connectivity index is 1.51. The Morgan fingerprint density at radius 3 is 2.78 bits per heavy atom. The lowest BCUT2D eigenvalue weighted by molar-refractivity contribution is 0.198. The monoisotopic (exact) mass is 432 g/mol. The van der Waals surface area contributed by atoms with Crippen molar-refractivity contribution in [2.24, 2.45) is 0 Å². The summed E-state index contributed by atoms with van der Waals surface area (Å²) in [5.74, 6) is 0.554. The SMILES string of the molecule is CNCc1cc(C)c(-c2cc3c(-c4ccc(N5CCC(O)C5)nc4)n[nH]c3cn2)c(F)c1. The zero-order chi connectivity index (χ0) is 22.2. The highest BCUT2D eigenvalue weighted by molar-refractivity contribution is 5.94. The van der Waals surface area contributed by atoms with Gasteiger partial charge in [-0.2, -0.15) is 5.10 Å². The van der Waals surface area contributed by atoms with E-state index in [1.54, 1.807) is 18.5 Å². The van der Waals surface area contributed by atoms with E-state index in [9.17, 15) is 9.50 Å². The number of pyridine rings is 2. The zero-order valence-electron chi connectivity index (χ0n) is 18.1. The maximum absolute atomic E-state index is 15.0. The van der Waals surface area contributed by atoms with Gasteiger partial charge in [-0.15, -0.1) is 0 Å². The first-order valence-corrected chi connectivity index (χ1v) is 10.7. The van der Waals surface area contributed by atoms with Crippen LogP contribution in [0.3, 0.4) is 0 Å². The zero-order valence-corrected chi connectivity index (χ0v) is 18.1. The number of H-pyrrole nitrogens is 1. The van der Waals surface area contributed by atoms with Crippen LogP contribution in [0.1, 0.15) is 17.5 Å². The van der Waals surface area contributed by atoms with E-state index in [1.165, 1.54) is 0 Å². The standard InChI is InChI=1S/C24H25FN6O/c1-14-7-15(10-26-2)8-19(25)23(14)20-9-18-21(12-27-20)29-30-24(18)16-3-4-22(28-11-16)31-6-5-17(32)13-31/h3-4,7-9,11-12,17,26,32H,5-6,10,13H2,1-2H3,(H,29,30). The predicted octanol–water partition coefficient (Wildman–Crippen LogP) is 3.42. The molecule has 1 aliphatic heterocycles. The van der Waals surface area contributed by atoms with Gasteiger partial charge in [-0.3, -0.25) is 10.1 Å². The van der Waals surface area contributed by atoms with Crippen LogP contribution < -0.4 is 10.2 Å². The number of rotatable bonds is 5. The lowest BCUT2D eigenvalue weighted by Crippen LogP contribution is -2.21. The van der Waals surface area contributed by atoms with E-state index < -0.39 is 0 Å². The Morgan fingerprint density at radius 1 is 1.22 bits per heavy atom. The molecule has 1 unspecified atom stereocenters. The van der Waals surface area contributed by atoms with Crippen molar-refractivity contribution in [2.75, 3.05) is 25.0 Å². The van der Waals surface area contributed by atoms with Gasteiger partial charge in [0.05, 0.1) is 23.5 Å². The molecule has 1 aliphatic rings. The minimum Gasteiger partial charge on any atom is -0.391 e. The molecular weight excluding hydrogens is 407 g/mol. The fourth-order valence-electron chi connectivity index (χ4n) is 4.38. The van der Waals surface area contributed by atoms with Crippen LogP contribution in [0.2, 0.25) is 0 Å². The van der Waals surface area contributed by atoms with E-state index in [2.05, 4.69) is 30.4 Å². The van der Waals surface area contributed by atoms with E-state index in [0.29, 0.717) is 24.3 Å². The molecule has 4 heterocycles. The molecule has 0 spiro atoms. The second kappa shape index (κ2) is 8.29. The molecule has 0 radical (unpaired) electrons. The summed E-state index contributed by atoms with van der Waals surface area (Å²) in [6.45, 7) is 3.91. The van der Waals surface area contributed by atoms with Crippen LogP contribution in [0.4, 0.5) is 10.2 Å². The van der Waals surface area contributed by atoms with Gasteiger partial charge >= 0.3 is 0 Å². The van der Waals surface area contributed by atoms with Crippen LogP contribution in [0.15, 0.2) is 42.7 Å². The molecule has 5 rings (SSSR count).